The molecule has 16 heavy (non-hydrogen) atoms. The van der Waals surface area contributed by atoms with Gasteiger partial charge in [0.1, 0.15) is 0 Å². The number of aromatic nitrogens is 2. The number of hydrogen-bond acceptors (Lipinski definition) is 4. The van der Waals surface area contributed by atoms with Crippen LogP contribution in [0.3, 0.4) is 0 Å². The van der Waals surface area contributed by atoms with Crippen LogP contribution in [-0.2, 0) is 0 Å². The summed E-state index contributed by atoms with van der Waals surface area (Å²) in [4.78, 5) is 7.08. The summed E-state index contributed by atoms with van der Waals surface area (Å²) < 4.78 is 5.41. The predicted octanol–water partition coefficient (Wildman–Crippen LogP) is 1.79. The molecule has 88 valence electrons. The number of hydrogen-bond donors (Lipinski definition) is 0. The molecular weight excluding hydrogens is 226 g/mol. The molecule has 2 saturated heterocycles. The average molecular weight is 242 g/mol. The van der Waals surface area contributed by atoms with E-state index in [2.05, 4.69) is 15.0 Å². The lowest BCUT2D eigenvalue weighted by molar-refractivity contribution is 0.288. The topological polar surface area (TPSA) is 42.2 Å². The van der Waals surface area contributed by atoms with E-state index < -0.39 is 0 Å². The maximum Gasteiger partial charge on any atom is 0.231 e. The summed E-state index contributed by atoms with van der Waals surface area (Å²) in [5, 5.41) is 4.10. The molecule has 0 N–H and O–H groups in total. The van der Waals surface area contributed by atoms with E-state index in [1.807, 2.05) is 0 Å². The first-order chi connectivity index (χ1) is 7.40. The zero-order chi connectivity index (χ0) is 9.83. The van der Waals surface area contributed by atoms with Gasteiger partial charge in [-0.1, -0.05) is 5.16 Å². The Morgan fingerprint density at radius 3 is 2.69 bits per heavy atom. The molecule has 0 spiro atoms. The second-order valence-corrected chi connectivity index (χ2v) is 5.18. The Hall–Kier alpha value is -0.610. The lowest BCUT2D eigenvalue weighted by Crippen LogP contribution is -2.22. The Morgan fingerprint density at radius 2 is 2.06 bits per heavy atom. The molecule has 1 aliphatic carbocycles. The van der Waals surface area contributed by atoms with Crippen molar-refractivity contribution in [2.24, 2.45) is 5.92 Å². The molecule has 3 aliphatic rings. The molecule has 2 aliphatic heterocycles. The van der Waals surface area contributed by atoms with Crippen LogP contribution in [0.2, 0.25) is 0 Å². The third-order valence-electron chi connectivity index (χ3n) is 4.05. The molecule has 1 aromatic heterocycles. The molecule has 5 heteroatoms. The van der Waals surface area contributed by atoms with Crippen molar-refractivity contribution < 1.29 is 4.52 Å². The van der Waals surface area contributed by atoms with E-state index in [4.69, 9.17) is 4.52 Å². The van der Waals surface area contributed by atoms with E-state index in [1.54, 1.807) is 0 Å². The number of fused-ring (bicyclic) bond motifs is 2. The molecular formula is C11H16ClN3O. The predicted molar refractivity (Wildman–Crippen MR) is 60.8 cm³/mol. The maximum absolute atomic E-state index is 5.41. The van der Waals surface area contributed by atoms with Gasteiger partial charge in [-0.3, -0.25) is 0 Å². The van der Waals surface area contributed by atoms with Gasteiger partial charge >= 0.3 is 0 Å². The summed E-state index contributed by atoms with van der Waals surface area (Å²) >= 11 is 0. The zero-order valence-corrected chi connectivity index (χ0v) is 9.95. The van der Waals surface area contributed by atoms with Crippen molar-refractivity contribution in [1.29, 1.82) is 0 Å². The van der Waals surface area contributed by atoms with Gasteiger partial charge in [0.2, 0.25) is 5.89 Å². The first-order valence-electron chi connectivity index (χ1n) is 5.96. The molecule has 0 aromatic carbocycles. The van der Waals surface area contributed by atoms with Crippen LogP contribution < -0.4 is 0 Å². The molecule has 3 heterocycles. The minimum Gasteiger partial charge on any atom is -0.339 e. The molecule has 4 nitrogen and oxygen atoms in total. The van der Waals surface area contributed by atoms with Gasteiger partial charge in [0.25, 0.3) is 0 Å². The van der Waals surface area contributed by atoms with Crippen molar-refractivity contribution >= 4 is 12.4 Å². The Balaban J connectivity index is 0.000000810. The van der Waals surface area contributed by atoms with Gasteiger partial charge in [-0.05, 0) is 31.7 Å². The molecule has 1 aromatic rings. The van der Waals surface area contributed by atoms with Crippen molar-refractivity contribution in [1.82, 2.24) is 15.0 Å². The molecule has 1 saturated carbocycles. The zero-order valence-electron chi connectivity index (χ0n) is 9.13. The summed E-state index contributed by atoms with van der Waals surface area (Å²) in [6.07, 6.45) is 3.81. The van der Waals surface area contributed by atoms with Gasteiger partial charge in [-0.2, -0.15) is 4.98 Å². The fraction of sp³-hybridized carbons (Fsp3) is 0.818. The smallest absolute Gasteiger partial charge is 0.231 e. The van der Waals surface area contributed by atoms with Crippen LogP contribution in [0.5, 0.6) is 0 Å². The van der Waals surface area contributed by atoms with E-state index in [9.17, 15) is 0 Å². The van der Waals surface area contributed by atoms with Crippen LogP contribution in [0.4, 0.5) is 0 Å². The van der Waals surface area contributed by atoms with Crippen molar-refractivity contribution in [3.63, 3.8) is 0 Å². The molecule has 3 atom stereocenters. The molecule has 3 unspecified atom stereocenters. The Labute approximate surface area is 101 Å². The number of rotatable bonds is 2. The van der Waals surface area contributed by atoms with Crippen LogP contribution in [0.15, 0.2) is 4.52 Å². The molecule has 0 amide bonds. The van der Waals surface area contributed by atoms with Gasteiger partial charge in [-0.25, -0.2) is 0 Å². The quantitative estimate of drug-likeness (QED) is 0.792. The van der Waals surface area contributed by atoms with Crippen molar-refractivity contribution in [2.75, 3.05) is 19.6 Å². The first kappa shape index (κ1) is 10.5. The summed E-state index contributed by atoms with van der Waals surface area (Å²) in [5.74, 6) is 3.78. The summed E-state index contributed by atoms with van der Waals surface area (Å²) in [7, 11) is 0. The van der Waals surface area contributed by atoms with E-state index in [0.717, 1.165) is 24.2 Å². The lowest BCUT2D eigenvalue weighted by Gasteiger charge is -2.17. The van der Waals surface area contributed by atoms with Crippen LogP contribution in [-0.4, -0.2) is 34.7 Å². The third kappa shape index (κ3) is 1.55. The van der Waals surface area contributed by atoms with Gasteiger partial charge in [0, 0.05) is 19.0 Å². The number of piperidine rings is 1. The van der Waals surface area contributed by atoms with Crippen LogP contribution in [0.25, 0.3) is 0 Å². The minimum atomic E-state index is 0. The lowest BCUT2D eigenvalue weighted by atomic mass is 9.93. The largest absolute Gasteiger partial charge is 0.339 e. The Bertz CT molecular complexity index is 390. The van der Waals surface area contributed by atoms with Gasteiger partial charge in [0.05, 0.1) is 5.92 Å². The van der Waals surface area contributed by atoms with Crippen molar-refractivity contribution in [2.45, 2.75) is 31.1 Å². The Kier molecular flexibility index (Phi) is 2.44. The summed E-state index contributed by atoms with van der Waals surface area (Å²) in [5.41, 5.74) is 0. The van der Waals surface area contributed by atoms with E-state index in [0.29, 0.717) is 11.8 Å². The first-order valence-corrected chi connectivity index (χ1v) is 5.96. The van der Waals surface area contributed by atoms with E-state index in [1.165, 1.54) is 32.4 Å². The summed E-state index contributed by atoms with van der Waals surface area (Å²) in [6, 6.07) is 0. The van der Waals surface area contributed by atoms with Crippen molar-refractivity contribution in [3.05, 3.63) is 11.7 Å². The van der Waals surface area contributed by atoms with Gasteiger partial charge in [-0.15, -0.1) is 12.4 Å². The fourth-order valence-electron chi connectivity index (χ4n) is 2.97. The monoisotopic (exact) mass is 241 g/mol. The normalized spacial score (nSPS) is 36.4. The number of nitrogens with zero attached hydrogens (tertiary/aromatic N) is 3. The number of halogens is 1. The highest BCUT2D eigenvalue weighted by Gasteiger charge is 2.42. The van der Waals surface area contributed by atoms with Crippen LogP contribution >= 0.6 is 12.4 Å². The summed E-state index contributed by atoms with van der Waals surface area (Å²) in [6.45, 7) is 3.65. The highest BCUT2D eigenvalue weighted by molar-refractivity contribution is 5.85. The fourth-order valence-corrected chi connectivity index (χ4v) is 2.97. The van der Waals surface area contributed by atoms with Crippen LogP contribution in [0, 0.1) is 5.92 Å². The molecule has 0 radical (unpaired) electrons. The highest BCUT2D eigenvalue weighted by Crippen LogP contribution is 2.42. The molecule has 4 rings (SSSR count). The average Bonchev–Trinajstić information content (AvgIpc) is 2.74. The van der Waals surface area contributed by atoms with Crippen molar-refractivity contribution in [3.8, 4) is 0 Å². The Morgan fingerprint density at radius 1 is 1.19 bits per heavy atom. The molecule has 3 fully saturated rings. The minimum absolute atomic E-state index is 0. The van der Waals surface area contributed by atoms with Gasteiger partial charge < -0.3 is 9.42 Å². The standard InChI is InChI=1S/C11H15N3O.ClH/c1-2-7(1)10-12-11(15-13-10)9-6-14-4-3-8(9)5-14;/h7-9H,1-6H2;1H. The van der Waals surface area contributed by atoms with Gasteiger partial charge in [0.15, 0.2) is 5.82 Å². The van der Waals surface area contributed by atoms with E-state index >= 15 is 0 Å². The maximum atomic E-state index is 5.41. The SMILES string of the molecule is C1CC1c1noc(C2CN3CCC2C3)n1.Cl. The van der Waals surface area contributed by atoms with E-state index in [-0.39, 0.29) is 12.4 Å². The van der Waals surface area contributed by atoms with Crippen LogP contribution in [0.1, 0.15) is 42.8 Å². The third-order valence-corrected chi connectivity index (χ3v) is 4.05. The molecule has 2 bridgehead atoms. The second kappa shape index (κ2) is 3.70. The second-order valence-electron chi connectivity index (χ2n) is 5.18. The highest BCUT2D eigenvalue weighted by atomic mass is 35.5.